The number of amides is 3. The number of carbonyl (C=O) groups excluding carboxylic acids is 3. The Morgan fingerprint density at radius 1 is 0.744 bits per heavy atom. The van der Waals surface area contributed by atoms with Gasteiger partial charge in [0.1, 0.15) is 23.7 Å². The summed E-state index contributed by atoms with van der Waals surface area (Å²) in [7, 11) is 0. The van der Waals surface area contributed by atoms with Gasteiger partial charge in [-0.1, -0.05) is 60.7 Å². The minimum atomic E-state index is -4.85. The van der Waals surface area contributed by atoms with Gasteiger partial charge in [-0.2, -0.15) is 13.2 Å². The summed E-state index contributed by atoms with van der Waals surface area (Å²) in [6, 6.07) is 12.1. The third-order valence-electron chi connectivity index (χ3n) is 5.26. The molecule has 0 saturated heterocycles. The minimum Gasteiger partial charge on any atom is -0.480 e. The zero-order chi connectivity index (χ0) is 29.2. The number of rotatable bonds is 11. The highest BCUT2D eigenvalue weighted by atomic mass is 19.4. The van der Waals surface area contributed by atoms with Gasteiger partial charge in [-0.15, -0.1) is 0 Å². The zero-order valence-electron chi connectivity index (χ0n) is 21.7. The van der Waals surface area contributed by atoms with Gasteiger partial charge in [0.25, 0.3) is 0 Å². The van der Waals surface area contributed by atoms with Gasteiger partial charge in [0.2, 0.25) is 11.8 Å². The van der Waals surface area contributed by atoms with Crippen molar-refractivity contribution in [1.82, 2.24) is 16.0 Å². The van der Waals surface area contributed by atoms with Gasteiger partial charge in [-0.05, 0) is 31.9 Å². The predicted molar refractivity (Wildman–Crippen MR) is 136 cm³/mol. The first-order chi connectivity index (χ1) is 18.1. The van der Waals surface area contributed by atoms with Gasteiger partial charge in [0.05, 0.1) is 6.42 Å². The summed E-state index contributed by atoms with van der Waals surface area (Å²) < 4.78 is 43.9. The first kappa shape index (κ1) is 31.1. The summed E-state index contributed by atoms with van der Waals surface area (Å²) in [5.74, 6) is -3.82. The number of alkyl halides is 3. The lowest BCUT2D eigenvalue weighted by molar-refractivity contribution is -0.160. The van der Waals surface area contributed by atoms with Crippen LogP contribution in [0.5, 0.6) is 0 Å². The van der Waals surface area contributed by atoms with E-state index >= 15 is 0 Å². The maximum Gasteiger partial charge on any atom is 0.408 e. The molecule has 0 aliphatic heterocycles. The molecule has 3 amide bonds. The molecule has 2 aromatic carbocycles. The zero-order valence-corrected chi connectivity index (χ0v) is 21.7. The predicted octanol–water partition coefficient (Wildman–Crippen LogP) is 3.37. The molecule has 2 rings (SSSR count). The van der Waals surface area contributed by atoms with Gasteiger partial charge >= 0.3 is 18.2 Å². The van der Waals surface area contributed by atoms with Gasteiger partial charge < -0.3 is 25.8 Å². The van der Waals surface area contributed by atoms with Crippen LogP contribution in [0, 0.1) is 0 Å². The van der Waals surface area contributed by atoms with Crippen molar-refractivity contribution >= 4 is 23.9 Å². The van der Waals surface area contributed by atoms with Crippen molar-refractivity contribution in [3.05, 3.63) is 71.8 Å². The molecule has 0 aliphatic carbocycles. The number of benzene rings is 2. The molecule has 4 N–H and O–H groups in total. The molecule has 0 saturated carbocycles. The SMILES string of the molecule is CC(C)(C)OC(=O)NC(Cc1ccccc1)C(=O)NC(Cc1ccccc1)C(=O)NC(CC(F)(F)F)C(=O)O. The first-order valence-electron chi connectivity index (χ1n) is 12.1. The Morgan fingerprint density at radius 2 is 1.15 bits per heavy atom. The van der Waals surface area contributed by atoms with Gasteiger partial charge in [0, 0.05) is 12.8 Å². The maximum absolute atomic E-state index is 13.3. The number of nitrogens with one attached hydrogen (secondary N) is 3. The second-order valence-corrected chi connectivity index (χ2v) is 9.86. The highest BCUT2D eigenvalue weighted by Crippen LogP contribution is 2.22. The number of hydrogen-bond acceptors (Lipinski definition) is 5. The van der Waals surface area contributed by atoms with Gasteiger partial charge in [-0.25, -0.2) is 9.59 Å². The van der Waals surface area contributed by atoms with Gasteiger partial charge in [-0.3, -0.25) is 9.59 Å². The van der Waals surface area contributed by atoms with E-state index in [1.54, 1.807) is 81.4 Å². The smallest absolute Gasteiger partial charge is 0.408 e. The number of alkyl carbamates (subject to hydrolysis) is 1. The largest absolute Gasteiger partial charge is 0.480 e. The lowest BCUT2D eigenvalue weighted by atomic mass is 10.0. The van der Waals surface area contributed by atoms with Crippen LogP contribution in [0.2, 0.25) is 0 Å². The Balaban J connectivity index is 2.31. The van der Waals surface area contributed by atoms with Crippen LogP contribution < -0.4 is 16.0 Å². The van der Waals surface area contributed by atoms with Crippen molar-refractivity contribution in [3.8, 4) is 0 Å². The Hall–Kier alpha value is -4.09. The molecule has 12 heteroatoms. The minimum absolute atomic E-state index is 0.0113. The Kier molecular flexibility index (Phi) is 10.9. The maximum atomic E-state index is 13.3. The van der Waals surface area contributed by atoms with Crippen molar-refractivity contribution < 1.29 is 42.2 Å². The molecule has 0 radical (unpaired) electrons. The van der Waals surface area contributed by atoms with Crippen LogP contribution in [-0.2, 0) is 32.0 Å². The summed E-state index contributed by atoms with van der Waals surface area (Å²) in [6.45, 7) is 4.91. The number of carboxylic acids is 1. The monoisotopic (exact) mass is 551 g/mol. The number of carbonyl (C=O) groups is 4. The van der Waals surface area contributed by atoms with E-state index < -0.39 is 60.2 Å². The summed E-state index contributed by atoms with van der Waals surface area (Å²) in [5.41, 5.74) is 0.368. The Bertz CT molecular complexity index is 1120. The second kappa shape index (κ2) is 13.6. The first-order valence-corrected chi connectivity index (χ1v) is 12.1. The molecule has 39 heavy (non-hydrogen) atoms. The molecule has 3 atom stereocenters. The molecule has 2 aromatic rings. The molecular weight excluding hydrogens is 519 g/mol. The standard InChI is InChI=1S/C27H32F3N3O6/c1-26(2,3)39-25(38)33-20(15-18-12-8-5-9-13-18)23(35)31-19(14-17-10-6-4-7-11-17)22(34)32-21(24(36)37)16-27(28,29)30/h4-13,19-21H,14-16H2,1-3H3,(H,31,35)(H,32,34)(H,33,38)(H,36,37). The topological polar surface area (TPSA) is 134 Å². The molecule has 212 valence electrons. The highest BCUT2D eigenvalue weighted by Gasteiger charge is 2.38. The van der Waals surface area contributed by atoms with Crippen molar-refractivity contribution in [3.63, 3.8) is 0 Å². The Labute approximate surface area is 224 Å². The number of carboxylic acid groups (broad SMARTS) is 1. The highest BCUT2D eigenvalue weighted by molar-refractivity contribution is 5.93. The van der Waals surface area contributed by atoms with E-state index in [0.717, 1.165) is 0 Å². The van der Waals surface area contributed by atoms with E-state index in [-0.39, 0.29) is 12.8 Å². The summed E-state index contributed by atoms with van der Waals surface area (Å²) >= 11 is 0. The van der Waals surface area contributed by atoms with Crippen LogP contribution >= 0.6 is 0 Å². The van der Waals surface area contributed by atoms with E-state index in [1.165, 1.54) is 0 Å². The van der Waals surface area contributed by atoms with Crippen molar-refractivity contribution in [2.45, 2.75) is 69.9 Å². The molecule has 0 fully saturated rings. The van der Waals surface area contributed by atoms with Gasteiger partial charge in [0.15, 0.2) is 0 Å². The van der Waals surface area contributed by atoms with Crippen LogP contribution in [0.15, 0.2) is 60.7 Å². The number of hydrogen-bond donors (Lipinski definition) is 4. The van der Waals surface area contributed by atoms with Crippen LogP contribution in [0.1, 0.15) is 38.3 Å². The van der Waals surface area contributed by atoms with E-state index in [9.17, 15) is 37.5 Å². The molecule has 0 spiro atoms. The summed E-state index contributed by atoms with van der Waals surface area (Å²) in [6.07, 6.45) is -7.68. The van der Waals surface area contributed by atoms with E-state index in [4.69, 9.17) is 4.74 Å². The average molecular weight is 552 g/mol. The van der Waals surface area contributed by atoms with E-state index in [1.807, 2.05) is 5.32 Å². The fourth-order valence-electron chi connectivity index (χ4n) is 3.54. The van der Waals surface area contributed by atoms with E-state index in [0.29, 0.717) is 11.1 Å². The van der Waals surface area contributed by atoms with E-state index in [2.05, 4.69) is 10.6 Å². The number of ether oxygens (including phenoxy) is 1. The molecule has 0 aromatic heterocycles. The van der Waals surface area contributed by atoms with Crippen LogP contribution in [0.4, 0.5) is 18.0 Å². The van der Waals surface area contributed by atoms with Crippen molar-refractivity contribution in [2.75, 3.05) is 0 Å². The van der Waals surface area contributed by atoms with Crippen LogP contribution in [-0.4, -0.2) is 58.9 Å². The van der Waals surface area contributed by atoms with Crippen LogP contribution in [0.25, 0.3) is 0 Å². The lowest BCUT2D eigenvalue weighted by Gasteiger charge is -2.26. The molecule has 0 aliphatic rings. The molecule has 3 unspecified atom stereocenters. The fraction of sp³-hybridized carbons (Fsp3) is 0.407. The normalized spacial score (nSPS) is 13.9. The molecule has 9 nitrogen and oxygen atoms in total. The molecule has 0 bridgehead atoms. The average Bonchev–Trinajstić information content (AvgIpc) is 2.82. The third kappa shape index (κ3) is 11.9. The number of halogens is 3. The number of aliphatic carboxylic acids is 1. The fourth-order valence-corrected chi connectivity index (χ4v) is 3.54. The Morgan fingerprint density at radius 3 is 1.54 bits per heavy atom. The molecule has 0 heterocycles. The third-order valence-corrected chi connectivity index (χ3v) is 5.26. The quantitative estimate of drug-likeness (QED) is 0.339. The molecular formula is C27H32F3N3O6. The second-order valence-electron chi connectivity index (χ2n) is 9.86. The summed E-state index contributed by atoms with van der Waals surface area (Å²) in [4.78, 5) is 50.2. The summed E-state index contributed by atoms with van der Waals surface area (Å²) in [5, 5.41) is 16.0. The van der Waals surface area contributed by atoms with Crippen molar-refractivity contribution in [2.24, 2.45) is 0 Å². The van der Waals surface area contributed by atoms with Crippen molar-refractivity contribution in [1.29, 1.82) is 0 Å². The lowest BCUT2D eigenvalue weighted by Crippen LogP contribution is -2.57. The van der Waals surface area contributed by atoms with Crippen LogP contribution in [0.3, 0.4) is 0 Å².